The van der Waals surface area contributed by atoms with Crippen LogP contribution < -0.4 is 15.5 Å². The van der Waals surface area contributed by atoms with Crippen LogP contribution >= 0.6 is 0 Å². The van der Waals surface area contributed by atoms with Gasteiger partial charge in [-0.05, 0) is 48.3 Å². The van der Waals surface area contributed by atoms with Crippen molar-refractivity contribution in [2.75, 3.05) is 31.1 Å². The summed E-state index contributed by atoms with van der Waals surface area (Å²) in [7, 11) is 0. The van der Waals surface area contributed by atoms with Gasteiger partial charge in [-0.25, -0.2) is 0 Å². The summed E-state index contributed by atoms with van der Waals surface area (Å²) in [5.41, 5.74) is 2.46. The van der Waals surface area contributed by atoms with Crippen molar-refractivity contribution >= 4 is 11.6 Å². The molecule has 1 aliphatic carbocycles. The summed E-state index contributed by atoms with van der Waals surface area (Å²) in [6, 6.07) is 8.64. The predicted octanol–water partition coefficient (Wildman–Crippen LogP) is 3.42. The molecule has 4 nitrogen and oxygen atoms in total. The van der Waals surface area contributed by atoms with E-state index in [9.17, 15) is 4.79 Å². The summed E-state index contributed by atoms with van der Waals surface area (Å²) in [6.07, 6.45) is 3.49. The number of rotatable bonds is 5. The number of carbonyl (C=O) groups excluding carboxylic acids is 1. The highest BCUT2D eigenvalue weighted by atomic mass is 16.1. The molecule has 26 heavy (non-hydrogen) atoms. The monoisotopic (exact) mass is 357 g/mol. The van der Waals surface area contributed by atoms with Crippen LogP contribution in [0.15, 0.2) is 24.3 Å². The number of benzene rings is 1. The van der Waals surface area contributed by atoms with Crippen LogP contribution in [0.2, 0.25) is 0 Å². The fourth-order valence-electron chi connectivity index (χ4n) is 4.61. The molecule has 1 heterocycles. The lowest BCUT2D eigenvalue weighted by Gasteiger charge is -2.36. The topological polar surface area (TPSA) is 44.4 Å². The zero-order valence-corrected chi connectivity index (χ0v) is 16.6. The lowest BCUT2D eigenvalue weighted by molar-refractivity contribution is -0.129. The fraction of sp³-hybridized carbons (Fsp3) is 0.682. The van der Waals surface area contributed by atoms with Crippen molar-refractivity contribution in [2.45, 2.75) is 46.6 Å². The lowest BCUT2D eigenvalue weighted by atomic mass is 9.70. The van der Waals surface area contributed by atoms with E-state index in [1.807, 2.05) is 0 Å². The van der Waals surface area contributed by atoms with Gasteiger partial charge in [0, 0.05) is 44.3 Å². The Morgan fingerprint density at radius 1 is 1.27 bits per heavy atom. The molecule has 3 rings (SSSR count). The Balaban J connectivity index is 1.60. The third-order valence-corrected chi connectivity index (χ3v) is 6.22. The van der Waals surface area contributed by atoms with Gasteiger partial charge >= 0.3 is 0 Å². The molecular formula is C22H35N3O. The van der Waals surface area contributed by atoms with Gasteiger partial charge in [-0.2, -0.15) is 0 Å². The van der Waals surface area contributed by atoms with Crippen molar-refractivity contribution in [3.8, 4) is 0 Å². The maximum Gasteiger partial charge on any atom is 0.223 e. The normalized spacial score (nSPS) is 26.8. The molecule has 3 atom stereocenters. The Labute approximate surface area is 158 Å². The molecule has 2 fully saturated rings. The summed E-state index contributed by atoms with van der Waals surface area (Å²) in [5, 5.41) is 6.63. The summed E-state index contributed by atoms with van der Waals surface area (Å²) in [6.45, 7) is 11.6. The van der Waals surface area contributed by atoms with Gasteiger partial charge in [0.2, 0.25) is 5.91 Å². The first-order chi connectivity index (χ1) is 12.5. The molecule has 2 aliphatic rings. The van der Waals surface area contributed by atoms with Crippen molar-refractivity contribution < 1.29 is 4.79 Å². The fourth-order valence-corrected chi connectivity index (χ4v) is 4.61. The predicted molar refractivity (Wildman–Crippen MR) is 108 cm³/mol. The average molecular weight is 358 g/mol. The SMILES string of the molecule is CC(C)[C@@H]1CC[C@@H](C)C[C@H]1C(=O)NCc1cccc(N2CCNCC2)c1. The first-order valence-electron chi connectivity index (χ1n) is 10.4. The van der Waals surface area contributed by atoms with E-state index < -0.39 is 0 Å². The molecule has 1 amide bonds. The first kappa shape index (κ1) is 19.2. The van der Waals surface area contributed by atoms with Crippen LogP contribution in [-0.4, -0.2) is 32.1 Å². The summed E-state index contributed by atoms with van der Waals surface area (Å²) in [5.74, 6) is 2.20. The molecule has 0 radical (unpaired) electrons. The second-order valence-electron chi connectivity index (χ2n) is 8.56. The standard InChI is InChI=1S/C22H35N3O/c1-16(2)20-8-7-17(3)13-21(20)22(26)24-15-18-5-4-6-19(14-18)25-11-9-23-10-12-25/h4-6,14,16-17,20-21,23H,7-13,15H2,1-3H3,(H,24,26)/t17-,20+,21-/m1/s1. The third-order valence-electron chi connectivity index (χ3n) is 6.22. The van der Waals surface area contributed by atoms with E-state index >= 15 is 0 Å². The molecule has 144 valence electrons. The highest BCUT2D eigenvalue weighted by Crippen LogP contribution is 2.38. The van der Waals surface area contributed by atoms with Crippen LogP contribution in [0.4, 0.5) is 5.69 Å². The van der Waals surface area contributed by atoms with Crippen LogP contribution in [0.1, 0.15) is 45.6 Å². The molecule has 1 saturated carbocycles. The second-order valence-corrected chi connectivity index (χ2v) is 8.56. The van der Waals surface area contributed by atoms with E-state index in [1.54, 1.807) is 0 Å². The van der Waals surface area contributed by atoms with Crippen molar-refractivity contribution in [1.82, 2.24) is 10.6 Å². The third kappa shape index (κ3) is 4.79. The average Bonchev–Trinajstić information content (AvgIpc) is 2.66. The van der Waals surface area contributed by atoms with Gasteiger partial charge in [0.1, 0.15) is 0 Å². The first-order valence-corrected chi connectivity index (χ1v) is 10.4. The van der Waals surface area contributed by atoms with Gasteiger partial charge in [-0.15, -0.1) is 0 Å². The highest BCUT2D eigenvalue weighted by molar-refractivity contribution is 5.79. The Morgan fingerprint density at radius 3 is 2.77 bits per heavy atom. The largest absolute Gasteiger partial charge is 0.369 e. The van der Waals surface area contributed by atoms with Gasteiger partial charge in [0.25, 0.3) is 0 Å². The maximum absolute atomic E-state index is 12.9. The zero-order chi connectivity index (χ0) is 18.5. The van der Waals surface area contributed by atoms with Crippen LogP contribution in [-0.2, 0) is 11.3 Å². The van der Waals surface area contributed by atoms with Gasteiger partial charge in [0.05, 0.1) is 0 Å². The number of amides is 1. The van der Waals surface area contributed by atoms with Gasteiger partial charge in [0.15, 0.2) is 0 Å². The molecule has 1 aromatic carbocycles. The Kier molecular flexibility index (Phi) is 6.58. The summed E-state index contributed by atoms with van der Waals surface area (Å²) >= 11 is 0. The smallest absolute Gasteiger partial charge is 0.223 e. The molecule has 0 spiro atoms. The number of piperazine rings is 1. The summed E-state index contributed by atoms with van der Waals surface area (Å²) < 4.78 is 0. The molecule has 1 aromatic rings. The molecule has 0 aromatic heterocycles. The number of anilines is 1. The van der Waals surface area contributed by atoms with E-state index in [-0.39, 0.29) is 11.8 Å². The van der Waals surface area contributed by atoms with Crippen LogP contribution in [0.3, 0.4) is 0 Å². The highest BCUT2D eigenvalue weighted by Gasteiger charge is 2.35. The summed E-state index contributed by atoms with van der Waals surface area (Å²) in [4.78, 5) is 15.3. The maximum atomic E-state index is 12.9. The van der Waals surface area contributed by atoms with Crippen molar-refractivity contribution in [3.05, 3.63) is 29.8 Å². The molecule has 2 N–H and O–H groups in total. The van der Waals surface area contributed by atoms with Gasteiger partial charge in [-0.1, -0.05) is 39.3 Å². The Hall–Kier alpha value is -1.55. The number of nitrogens with one attached hydrogen (secondary N) is 2. The molecule has 1 saturated heterocycles. The minimum Gasteiger partial charge on any atom is -0.369 e. The number of hydrogen-bond donors (Lipinski definition) is 2. The zero-order valence-electron chi connectivity index (χ0n) is 16.6. The van der Waals surface area contributed by atoms with E-state index in [4.69, 9.17) is 0 Å². The van der Waals surface area contributed by atoms with E-state index in [0.717, 1.165) is 32.6 Å². The van der Waals surface area contributed by atoms with Crippen LogP contribution in [0, 0.1) is 23.7 Å². The molecule has 0 bridgehead atoms. The van der Waals surface area contributed by atoms with E-state index in [0.29, 0.717) is 24.3 Å². The number of hydrogen-bond acceptors (Lipinski definition) is 3. The van der Waals surface area contributed by atoms with E-state index in [2.05, 4.69) is 60.6 Å². The van der Waals surface area contributed by atoms with Crippen LogP contribution in [0.5, 0.6) is 0 Å². The Morgan fingerprint density at radius 2 is 2.04 bits per heavy atom. The Bertz CT molecular complexity index is 595. The lowest BCUT2D eigenvalue weighted by Crippen LogP contribution is -2.43. The second kappa shape index (κ2) is 8.90. The van der Waals surface area contributed by atoms with Crippen LogP contribution in [0.25, 0.3) is 0 Å². The van der Waals surface area contributed by atoms with Crippen molar-refractivity contribution in [2.24, 2.45) is 23.7 Å². The molecule has 0 unspecified atom stereocenters. The molecule has 4 heteroatoms. The van der Waals surface area contributed by atoms with Gasteiger partial charge in [-0.3, -0.25) is 4.79 Å². The molecule has 1 aliphatic heterocycles. The minimum atomic E-state index is 0.176. The van der Waals surface area contributed by atoms with Crippen molar-refractivity contribution in [3.63, 3.8) is 0 Å². The number of nitrogens with zero attached hydrogens (tertiary/aromatic N) is 1. The quantitative estimate of drug-likeness (QED) is 0.849. The van der Waals surface area contributed by atoms with Gasteiger partial charge < -0.3 is 15.5 Å². The molecular weight excluding hydrogens is 322 g/mol. The van der Waals surface area contributed by atoms with Crippen molar-refractivity contribution in [1.29, 1.82) is 0 Å². The van der Waals surface area contributed by atoms with E-state index in [1.165, 1.54) is 24.1 Å². The minimum absolute atomic E-state index is 0.176. The number of carbonyl (C=O) groups is 1.